The largest absolute Gasteiger partial charge is 0.452 e. The molecule has 18 heavy (non-hydrogen) atoms. The molecule has 0 atom stereocenters. The standard InChI is InChI=1S/C9H2Br5N3O/c10-4-5(11)7(13)9(8(14)6(4)12)18-3-1-15-17-16-2-3/h1-2H. The zero-order valence-corrected chi connectivity index (χ0v) is 16.2. The van der Waals surface area contributed by atoms with Gasteiger partial charge in [-0.1, -0.05) is 0 Å². The maximum absolute atomic E-state index is 5.72. The van der Waals surface area contributed by atoms with Crippen molar-refractivity contribution in [3.8, 4) is 11.5 Å². The minimum absolute atomic E-state index is 0.493. The van der Waals surface area contributed by atoms with E-state index in [-0.39, 0.29) is 0 Å². The Morgan fingerprint density at radius 2 is 1.17 bits per heavy atom. The molecule has 0 saturated carbocycles. The van der Waals surface area contributed by atoms with Gasteiger partial charge in [-0.2, -0.15) is 0 Å². The predicted molar refractivity (Wildman–Crippen MR) is 84.8 cm³/mol. The van der Waals surface area contributed by atoms with Gasteiger partial charge in [0.15, 0.2) is 11.5 Å². The van der Waals surface area contributed by atoms with Gasteiger partial charge in [-0.05, 0) is 84.9 Å². The third-order valence-electron chi connectivity index (χ3n) is 1.86. The molecule has 2 aromatic rings. The van der Waals surface area contributed by atoms with Crippen LogP contribution in [0.1, 0.15) is 0 Å². The molecule has 0 spiro atoms. The summed E-state index contributed by atoms with van der Waals surface area (Å²) in [5.41, 5.74) is 0. The van der Waals surface area contributed by atoms with Crippen molar-refractivity contribution in [2.75, 3.05) is 0 Å². The first-order valence-electron chi connectivity index (χ1n) is 4.35. The smallest absolute Gasteiger partial charge is 0.167 e. The first kappa shape index (κ1) is 14.8. The molecule has 9 heteroatoms. The van der Waals surface area contributed by atoms with Gasteiger partial charge in [0.05, 0.1) is 30.3 Å². The van der Waals surface area contributed by atoms with Crippen LogP contribution < -0.4 is 4.74 Å². The lowest BCUT2D eigenvalue weighted by Gasteiger charge is -2.13. The molecule has 0 N–H and O–H groups in total. The molecule has 1 heterocycles. The molecule has 1 aromatic heterocycles. The number of halogens is 5. The van der Waals surface area contributed by atoms with Crippen molar-refractivity contribution in [3.05, 3.63) is 34.8 Å². The van der Waals surface area contributed by atoms with E-state index in [2.05, 4.69) is 95.1 Å². The van der Waals surface area contributed by atoms with Gasteiger partial charge < -0.3 is 4.74 Å². The molecule has 0 saturated heterocycles. The molecule has 0 bridgehead atoms. The van der Waals surface area contributed by atoms with Crippen LogP contribution in [-0.2, 0) is 0 Å². The summed E-state index contributed by atoms with van der Waals surface area (Å²) < 4.78 is 9.79. The zero-order valence-electron chi connectivity index (χ0n) is 8.29. The SMILES string of the molecule is Brc1c(Br)c(Br)c(Oc2cnnnc2)c(Br)c1Br. The third-order valence-corrected chi connectivity index (χ3v) is 7.88. The van der Waals surface area contributed by atoms with Gasteiger partial charge >= 0.3 is 0 Å². The van der Waals surface area contributed by atoms with E-state index in [0.29, 0.717) is 11.5 Å². The monoisotopic (exact) mass is 563 g/mol. The van der Waals surface area contributed by atoms with Gasteiger partial charge in [0.2, 0.25) is 0 Å². The molecule has 0 amide bonds. The highest BCUT2D eigenvalue weighted by Gasteiger charge is 2.19. The molecule has 0 unspecified atom stereocenters. The van der Waals surface area contributed by atoms with Crippen molar-refractivity contribution in [1.29, 1.82) is 0 Å². The lowest BCUT2D eigenvalue weighted by atomic mass is 10.3. The fourth-order valence-corrected chi connectivity index (χ4v) is 4.25. The molecule has 0 aliphatic carbocycles. The average Bonchev–Trinajstić information content (AvgIpc) is 2.40. The van der Waals surface area contributed by atoms with Crippen molar-refractivity contribution in [2.45, 2.75) is 0 Å². The Labute approximate surface area is 145 Å². The Morgan fingerprint density at radius 3 is 1.67 bits per heavy atom. The summed E-state index contributed by atoms with van der Waals surface area (Å²) in [6.07, 6.45) is 2.96. The summed E-state index contributed by atoms with van der Waals surface area (Å²) in [7, 11) is 0. The van der Waals surface area contributed by atoms with Crippen LogP contribution in [0.4, 0.5) is 0 Å². The van der Waals surface area contributed by atoms with Gasteiger partial charge in [0, 0.05) is 4.47 Å². The number of hydrogen-bond donors (Lipinski definition) is 0. The van der Waals surface area contributed by atoms with Gasteiger partial charge in [0.1, 0.15) is 0 Å². The van der Waals surface area contributed by atoms with E-state index in [1.54, 1.807) is 0 Å². The van der Waals surface area contributed by atoms with Crippen LogP contribution >= 0.6 is 79.6 Å². The van der Waals surface area contributed by atoms with Crippen LogP contribution in [0.3, 0.4) is 0 Å². The van der Waals surface area contributed by atoms with Crippen molar-refractivity contribution in [3.63, 3.8) is 0 Å². The van der Waals surface area contributed by atoms with E-state index < -0.39 is 0 Å². The molecule has 94 valence electrons. The first-order valence-corrected chi connectivity index (χ1v) is 8.31. The summed E-state index contributed by atoms with van der Waals surface area (Å²) in [6, 6.07) is 0. The molecule has 0 radical (unpaired) electrons. The number of ether oxygens (including phenoxy) is 1. The van der Waals surface area contributed by atoms with Crippen LogP contribution in [0, 0.1) is 0 Å². The molecule has 0 aliphatic rings. The summed E-state index contributed by atoms with van der Waals surface area (Å²) in [5.74, 6) is 1.10. The molecule has 1 aromatic carbocycles. The second-order valence-electron chi connectivity index (χ2n) is 2.98. The third kappa shape index (κ3) is 2.95. The number of nitrogens with zero attached hydrogens (tertiary/aromatic N) is 3. The van der Waals surface area contributed by atoms with E-state index in [0.717, 1.165) is 22.4 Å². The summed E-state index contributed by atoms with van der Waals surface area (Å²) >= 11 is 17.3. The maximum atomic E-state index is 5.72. The van der Waals surface area contributed by atoms with E-state index in [1.165, 1.54) is 12.4 Å². The second-order valence-corrected chi connectivity index (χ2v) is 6.95. The van der Waals surface area contributed by atoms with Crippen LogP contribution in [-0.4, -0.2) is 15.4 Å². The molecule has 2 rings (SSSR count). The van der Waals surface area contributed by atoms with E-state index in [1.807, 2.05) is 0 Å². The van der Waals surface area contributed by atoms with Crippen LogP contribution in [0.5, 0.6) is 11.5 Å². The topological polar surface area (TPSA) is 47.9 Å². The van der Waals surface area contributed by atoms with Gasteiger partial charge in [-0.25, -0.2) is 0 Å². The first-order chi connectivity index (χ1) is 8.52. The van der Waals surface area contributed by atoms with Gasteiger partial charge in [0.25, 0.3) is 0 Å². The zero-order chi connectivity index (χ0) is 13.3. The van der Waals surface area contributed by atoms with E-state index >= 15 is 0 Å². The number of benzene rings is 1. The van der Waals surface area contributed by atoms with Crippen LogP contribution in [0.15, 0.2) is 34.8 Å². The highest BCUT2D eigenvalue weighted by molar-refractivity contribution is 9.15. The maximum Gasteiger partial charge on any atom is 0.167 e. The molecule has 4 nitrogen and oxygen atoms in total. The predicted octanol–water partition coefficient (Wildman–Crippen LogP) is 5.48. The normalized spacial score (nSPS) is 10.5. The Hall–Kier alpha value is 0.430. The fraction of sp³-hybridized carbons (Fsp3) is 0. The average molecular weight is 568 g/mol. The van der Waals surface area contributed by atoms with Gasteiger partial charge in [-0.3, -0.25) is 0 Å². The molecule has 0 aliphatic heterocycles. The number of aromatic nitrogens is 3. The van der Waals surface area contributed by atoms with E-state index in [4.69, 9.17) is 4.74 Å². The van der Waals surface area contributed by atoms with Crippen molar-refractivity contribution in [1.82, 2.24) is 15.4 Å². The summed E-state index contributed by atoms with van der Waals surface area (Å²) in [5, 5.41) is 10.8. The summed E-state index contributed by atoms with van der Waals surface area (Å²) in [4.78, 5) is 0. The van der Waals surface area contributed by atoms with Crippen molar-refractivity contribution < 1.29 is 4.74 Å². The van der Waals surface area contributed by atoms with Crippen molar-refractivity contribution in [2.24, 2.45) is 0 Å². The highest BCUT2D eigenvalue weighted by atomic mass is 79.9. The fourth-order valence-electron chi connectivity index (χ4n) is 1.07. The Balaban J connectivity index is 2.52. The number of hydrogen-bond acceptors (Lipinski definition) is 4. The lowest BCUT2D eigenvalue weighted by molar-refractivity contribution is 0.466. The quantitative estimate of drug-likeness (QED) is 0.357. The lowest BCUT2D eigenvalue weighted by Crippen LogP contribution is -1.93. The Kier molecular flexibility index (Phi) is 5.15. The van der Waals surface area contributed by atoms with Gasteiger partial charge in [-0.15, -0.1) is 10.2 Å². The minimum atomic E-state index is 0.493. The minimum Gasteiger partial charge on any atom is -0.452 e. The second kappa shape index (κ2) is 6.25. The molecular weight excluding hydrogens is 566 g/mol. The molecular formula is C9H2Br5N3O. The van der Waals surface area contributed by atoms with Crippen molar-refractivity contribution >= 4 is 79.6 Å². The Morgan fingerprint density at radius 1 is 0.722 bits per heavy atom. The van der Waals surface area contributed by atoms with E-state index in [9.17, 15) is 0 Å². The molecule has 0 fully saturated rings. The van der Waals surface area contributed by atoms with Crippen LogP contribution in [0.25, 0.3) is 0 Å². The van der Waals surface area contributed by atoms with Crippen LogP contribution in [0.2, 0.25) is 0 Å². The highest BCUT2D eigenvalue weighted by Crippen LogP contribution is 2.49. The number of rotatable bonds is 2. The summed E-state index contributed by atoms with van der Waals surface area (Å²) in [6.45, 7) is 0. The Bertz CT molecular complexity index is 563.